The average molecular weight is 280 g/mol. The minimum Gasteiger partial charge on any atom is -0.398 e. The number of hydrogen-bond donors (Lipinski definition) is 1. The molecule has 0 fully saturated rings. The topological polar surface area (TPSA) is 46.3 Å². The number of hydrogen-bond acceptors (Lipinski definition) is 2. The summed E-state index contributed by atoms with van der Waals surface area (Å²) in [7, 11) is 0. The molecule has 0 spiro atoms. The van der Waals surface area contributed by atoms with Gasteiger partial charge in [0.25, 0.3) is 5.91 Å². The lowest BCUT2D eigenvalue weighted by Gasteiger charge is -2.21. The minimum atomic E-state index is 0.0454. The number of amides is 1. The van der Waals surface area contributed by atoms with Crippen LogP contribution >= 0.6 is 0 Å². The first kappa shape index (κ1) is 13.7. The molecule has 2 aromatic rings. The van der Waals surface area contributed by atoms with E-state index >= 15 is 0 Å². The lowest BCUT2D eigenvalue weighted by atomic mass is 10.0. The number of nitrogens with two attached hydrogens (primary N) is 1. The minimum absolute atomic E-state index is 0.0454. The van der Waals surface area contributed by atoms with Gasteiger partial charge in [-0.25, -0.2) is 0 Å². The third kappa shape index (κ3) is 2.64. The Bertz CT molecular complexity index is 652. The third-order valence-electron chi connectivity index (χ3n) is 4.26. The quantitative estimate of drug-likeness (QED) is 0.816. The van der Waals surface area contributed by atoms with E-state index in [9.17, 15) is 4.79 Å². The largest absolute Gasteiger partial charge is 0.398 e. The second-order valence-electron chi connectivity index (χ2n) is 5.60. The molecule has 3 rings (SSSR count). The summed E-state index contributed by atoms with van der Waals surface area (Å²) in [5.74, 6) is 0.0454. The predicted molar refractivity (Wildman–Crippen MR) is 85.3 cm³/mol. The number of nitrogens with zero attached hydrogens (tertiary/aromatic N) is 1. The summed E-state index contributed by atoms with van der Waals surface area (Å²) < 4.78 is 0. The van der Waals surface area contributed by atoms with E-state index in [1.807, 2.05) is 30.0 Å². The van der Waals surface area contributed by atoms with Crippen LogP contribution in [0.2, 0.25) is 0 Å². The number of anilines is 1. The van der Waals surface area contributed by atoms with Crippen LogP contribution in [0, 0.1) is 6.92 Å². The van der Waals surface area contributed by atoms with Gasteiger partial charge in [-0.1, -0.05) is 36.4 Å². The van der Waals surface area contributed by atoms with E-state index in [1.165, 1.54) is 11.1 Å². The molecule has 0 saturated heterocycles. The first-order valence-corrected chi connectivity index (χ1v) is 7.38. The highest BCUT2D eigenvalue weighted by Gasteiger charge is 2.21. The number of benzene rings is 2. The standard InChI is InChI=1S/C18H20N2O/c1-13-5-4-8-16(17(13)19)18(21)20-11-9-14-6-2-3-7-15(14)10-12-20/h2-8H,9-12,19H2,1H3. The molecule has 0 aromatic heterocycles. The van der Waals surface area contributed by atoms with Crippen molar-refractivity contribution < 1.29 is 4.79 Å². The van der Waals surface area contributed by atoms with Gasteiger partial charge in [0.15, 0.2) is 0 Å². The molecule has 1 aliphatic rings. The van der Waals surface area contributed by atoms with Gasteiger partial charge >= 0.3 is 0 Å². The molecule has 1 amide bonds. The number of aryl methyl sites for hydroxylation is 1. The molecule has 2 aromatic carbocycles. The highest BCUT2D eigenvalue weighted by molar-refractivity contribution is 5.99. The highest BCUT2D eigenvalue weighted by atomic mass is 16.2. The summed E-state index contributed by atoms with van der Waals surface area (Å²) in [6.07, 6.45) is 1.82. The fraction of sp³-hybridized carbons (Fsp3) is 0.278. The van der Waals surface area contributed by atoms with Crippen molar-refractivity contribution in [3.05, 3.63) is 64.7 Å². The van der Waals surface area contributed by atoms with Gasteiger partial charge in [0, 0.05) is 18.8 Å². The fourth-order valence-electron chi connectivity index (χ4n) is 2.91. The molecular weight excluding hydrogens is 260 g/mol. The number of para-hydroxylation sites is 1. The normalized spacial score (nSPS) is 14.4. The predicted octanol–water partition coefficient (Wildman–Crippen LogP) is 2.82. The van der Waals surface area contributed by atoms with E-state index in [-0.39, 0.29) is 5.91 Å². The van der Waals surface area contributed by atoms with Crippen molar-refractivity contribution in [2.75, 3.05) is 18.8 Å². The first-order chi connectivity index (χ1) is 10.2. The molecule has 0 bridgehead atoms. The van der Waals surface area contributed by atoms with Crippen LogP contribution in [0.5, 0.6) is 0 Å². The molecule has 3 heteroatoms. The molecule has 0 aliphatic carbocycles. The summed E-state index contributed by atoms with van der Waals surface area (Å²) in [6, 6.07) is 14.1. The van der Waals surface area contributed by atoms with Crippen LogP contribution in [0.25, 0.3) is 0 Å². The van der Waals surface area contributed by atoms with Gasteiger partial charge in [-0.3, -0.25) is 4.79 Å². The number of carbonyl (C=O) groups excluding carboxylic acids is 1. The van der Waals surface area contributed by atoms with Crippen LogP contribution in [-0.4, -0.2) is 23.9 Å². The maximum absolute atomic E-state index is 12.7. The molecule has 0 unspecified atom stereocenters. The maximum atomic E-state index is 12.7. The van der Waals surface area contributed by atoms with Crippen molar-refractivity contribution in [3.63, 3.8) is 0 Å². The summed E-state index contributed by atoms with van der Waals surface area (Å²) in [4.78, 5) is 14.6. The Labute approximate surface area is 125 Å². The first-order valence-electron chi connectivity index (χ1n) is 7.38. The SMILES string of the molecule is Cc1cccc(C(=O)N2CCc3ccccc3CC2)c1N. The van der Waals surface area contributed by atoms with Crippen LogP contribution in [-0.2, 0) is 12.8 Å². The molecule has 3 nitrogen and oxygen atoms in total. The van der Waals surface area contributed by atoms with E-state index in [2.05, 4.69) is 24.3 Å². The zero-order chi connectivity index (χ0) is 14.8. The average Bonchev–Trinajstić information content (AvgIpc) is 2.72. The van der Waals surface area contributed by atoms with Gasteiger partial charge in [-0.05, 0) is 42.5 Å². The van der Waals surface area contributed by atoms with Gasteiger partial charge in [0.1, 0.15) is 0 Å². The van der Waals surface area contributed by atoms with Crippen molar-refractivity contribution in [3.8, 4) is 0 Å². The molecule has 1 heterocycles. The second-order valence-corrected chi connectivity index (χ2v) is 5.60. The lowest BCUT2D eigenvalue weighted by Crippen LogP contribution is -2.33. The summed E-state index contributed by atoms with van der Waals surface area (Å²) in [6.45, 7) is 3.44. The number of nitrogen functional groups attached to an aromatic ring is 1. The van der Waals surface area contributed by atoms with Gasteiger partial charge < -0.3 is 10.6 Å². The van der Waals surface area contributed by atoms with E-state index in [0.717, 1.165) is 31.5 Å². The van der Waals surface area contributed by atoms with Gasteiger partial charge in [0.05, 0.1) is 5.56 Å². The second kappa shape index (κ2) is 5.60. The summed E-state index contributed by atoms with van der Waals surface area (Å²) in [5, 5.41) is 0. The smallest absolute Gasteiger partial charge is 0.255 e. The molecule has 1 aliphatic heterocycles. The number of carbonyl (C=O) groups is 1. The maximum Gasteiger partial charge on any atom is 0.255 e. The molecule has 0 saturated carbocycles. The van der Waals surface area contributed by atoms with E-state index in [1.54, 1.807) is 0 Å². The lowest BCUT2D eigenvalue weighted by molar-refractivity contribution is 0.0764. The van der Waals surface area contributed by atoms with Crippen LogP contribution < -0.4 is 5.73 Å². The molecule has 108 valence electrons. The van der Waals surface area contributed by atoms with E-state index < -0.39 is 0 Å². The Morgan fingerprint density at radius 3 is 2.24 bits per heavy atom. The highest BCUT2D eigenvalue weighted by Crippen LogP contribution is 2.21. The molecule has 21 heavy (non-hydrogen) atoms. The zero-order valence-corrected chi connectivity index (χ0v) is 12.3. The third-order valence-corrected chi connectivity index (χ3v) is 4.26. The van der Waals surface area contributed by atoms with Gasteiger partial charge in [-0.15, -0.1) is 0 Å². The van der Waals surface area contributed by atoms with Crippen molar-refractivity contribution >= 4 is 11.6 Å². The Morgan fingerprint density at radius 1 is 1.00 bits per heavy atom. The van der Waals surface area contributed by atoms with Crippen molar-refractivity contribution in [2.24, 2.45) is 0 Å². The molecule has 2 N–H and O–H groups in total. The van der Waals surface area contributed by atoms with Crippen LogP contribution in [0.1, 0.15) is 27.0 Å². The van der Waals surface area contributed by atoms with E-state index in [0.29, 0.717) is 11.3 Å². The Balaban J connectivity index is 1.83. The van der Waals surface area contributed by atoms with Gasteiger partial charge in [-0.2, -0.15) is 0 Å². The molecule has 0 atom stereocenters. The Hall–Kier alpha value is -2.29. The Morgan fingerprint density at radius 2 is 1.62 bits per heavy atom. The fourth-order valence-corrected chi connectivity index (χ4v) is 2.91. The van der Waals surface area contributed by atoms with E-state index in [4.69, 9.17) is 5.73 Å². The zero-order valence-electron chi connectivity index (χ0n) is 12.3. The van der Waals surface area contributed by atoms with Crippen molar-refractivity contribution in [2.45, 2.75) is 19.8 Å². The van der Waals surface area contributed by atoms with Crippen molar-refractivity contribution in [1.82, 2.24) is 4.90 Å². The molecular formula is C18H20N2O. The summed E-state index contributed by atoms with van der Waals surface area (Å²) >= 11 is 0. The number of fused-ring (bicyclic) bond motifs is 1. The molecule has 0 radical (unpaired) electrons. The van der Waals surface area contributed by atoms with Crippen LogP contribution in [0.3, 0.4) is 0 Å². The van der Waals surface area contributed by atoms with Crippen molar-refractivity contribution in [1.29, 1.82) is 0 Å². The summed E-state index contributed by atoms with van der Waals surface area (Å²) in [5.41, 5.74) is 11.0. The monoisotopic (exact) mass is 280 g/mol. The van der Waals surface area contributed by atoms with Gasteiger partial charge in [0.2, 0.25) is 0 Å². The van der Waals surface area contributed by atoms with Crippen LogP contribution in [0.15, 0.2) is 42.5 Å². The number of rotatable bonds is 1. The Kier molecular flexibility index (Phi) is 3.65. The van der Waals surface area contributed by atoms with Crippen LogP contribution in [0.4, 0.5) is 5.69 Å².